The van der Waals surface area contributed by atoms with Crippen LogP contribution >= 0.6 is 0 Å². The number of aromatic nitrogens is 2. The van der Waals surface area contributed by atoms with Gasteiger partial charge >= 0.3 is 0 Å². The lowest BCUT2D eigenvalue weighted by Crippen LogP contribution is -2.38. The van der Waals surface area contributed by atoms with Crippen LogP contribution in [0.2, 0.25) is 0 Å². The van der Waals surface area contributed by atoms with Crippen LogP contribution in [0, 0.1) is 12.7 Å². The zero-order valence-corrected chi connectivity index (χ0v) is 21.5. The number of carbonyl (C=O) groups excluding carboxylic acids is 2. The molecular formula is C30H31FN4O2. The number of nitrogens with zero attached hydrogens (tertiary/aromatic N) is 3. The summed E-state index contributed by atoms with van der Waals surface area (Å²) >= 11 is 0. The van der Waals surface area contributed by atoms with Crippen molar-refractivity contribution in [1.29, 1.82) is 0 Å². The van der Waals surface area contributed by atoms with Crippen molar-refractivity contribution in [1.82, 2.24) is 14.7 Å². The fraction of sp³-hybridized carbons (Fsp3) is 0.233. The van der Waals surface area contributed by atoms with E-state index in [4.69, 9.17) is 5.10 Å². The van der Waals surface area contributed by atoms with Gasteiger partial charge in [0.1, 0.15) is 18.2 Å². The van der Waals surface area contributed by atoms with Gasteiger partial charge in [-0.2, -0.15) is 5.10 Å². The van der Waals surface area contributed by atoms with Crippen LogP contribution in [0.1, 0.15) is 48.0 Å². The minimum absolute atomic E-state index is 0.0777. The SMILES string of the molecule is Cc1cccc(-n2nc(C(C)(C)C)cc2NC(=O)CN(Cc2ccccc2)C(=O)c2ccccc2F)c1. The van der Waals surface area contributed by atoms with Gasteiger partial charge in [0.05, 0.1) is 16.9 Å². The number of amides is 2. The molecule has 1 heterocycles. The maximum Gasteiger partial charge on any atom is 0.257 e. The fourth-order valence-corrected chi connectivity index (χ4v) is 3.96. The summed E-state index contributed by atoms with van der Waals surface area (Å²) in [6.45, 7) is 8.05. The Bertz CT molecular complexity index is 1410. The molecule has 0 saturated carbocycles. The minimum Gasteiger partial charge on any atom is -0.325 e. The average Bonchev–Trinajstić information content (AvgIpc) is 3.28. The van der Waals surface area contributed by atoms with Gasteiger partial charge in [-0.05, 0) is 42.3 Å². The van der Waals surface area contributed by atoms with Crippen LogP contribution in [-0.4, -0.2) is 33.0 Å². The number of rotatable bonds is 7. The zero-order valence-electron chi connectivity index (χ0n) is 21.5. The van der Waals surface area contributed by atoms with Crippen LogP contribution in [0.4, 0.5) is 10.2 Å². The summed E-state index contributed by atoms with van der Waals surface area (Å²) in [6, 6.07) is 24.8. The molecule has 3 aromatic carbocycles. The first-order chi connectivity index (χ1) is 17.6. The Morgan fingerprint density at radius 3 is 2.32 bits per heavy atom. The highest BCUT2D eigenvalue weighted by Crippen LogP contribution is 2.27. The van der Waals surface area contributed by atoms with Gasteiger partial charge in [0.25, 0.3) is 5.91 Å². The summed E-state index contributed by atoms with van der Waals surface area (Å²) in [5.41, 5.74) is 3.20. The number of halogens is 1. The topological polar surface area (TPSA) is 67.2 Å². The van der Waals surface area contributed by atoms with Crippen LogP contribution < -0.4 is 5.32 Å². The third kappa shape index (κ3) is 6.30. The number of anilines is 1. The van der Waals surface area contributed by atoms with Gasteiger partial charge in [-0.1, -0.05) is 75.4 Å². The lowest BCUT2D eigenvalue weighted by Gasteiger charge is -2.23. The predicted octanol–water partition coefficient (Wildman–Crippen LogP) is 5.90. The maximum atomic E-state index is 14.5. The Morgan fingerprint density at radius 2 is 1.65 bits per heavy atom. The Hall–Kier alpha value is -4.26. The Kier molecular flexibility index (Phi) is 7.53. The first-order valence-corrected chi connectivity index (χ1v) is 12.2. The van der Waals surface area contributed by atoms with E-state index in [1.807, 2.05) is 67.6 Å². The molecule has 0 bridgehead atoms. The van der Waals surface area contributed by atoms with Crippen molar-refractivity contribution < 1.29 is 14.0 Å². The molecule has 2 amide bonds. The summed E-state index contributed by atoms with van der Waals surface area (Å²) in [6.07, 6.45) is 0. The summed E-state index contributed by atoms with van der Waals surface area (Å²) < 4.78 is 16.2. The standard InChI is InChI=1S/C30H31FN4O2/c1-21-11-10-14-23(17-21)35-27(18-26(33-35)30(2,3)4)32-28(36)20-34(19-22-12-6-5-7-13-22)29(37)24-15-8-9-16-25(24)31/h5-18H,19-20H2,1-4H3,(H,32,36). The molecule has 1 N–H and O–H groups in total. The lowest BCUT2D eigenvalue weighted by atomic mass is 9.92. The molecule has 4 aromatic rings. The van der Waals surface area contributed by atoms with E-state index in [1.165, 1.54) is 23.1 Å². The molecule has 6 nitrogen and oxygen atoms in total. The summed E-state index contributed by atoms with van der Waals surface area (Å²) in [7, 11) is 0. The highest BCUT2D eigenvalue weighted by atomic mass is 19.1. The van der Waals surface area contributed by atoms with Gasteiger partial charge in [-0.3, -0.25) is 9.59 Å². The Morgan fingerprint density at radius 1 is 0.946 bits per heavy atom. The maximum absolute atomic E-state index is 14.5. The third-order valence-electron chi connectivity index (χ3n) is 5.93. The largest absolute Gasteiger partial charge is 0.325 e. The van der Waals surface area contributed by atoms with E-state index in [2.05, 4.69) is 26.1 Å². The van der Waals surface area contributed by atoms with E-state index in [9.17, 15) is 14.0 Å². The number of aryl methyl sites for hydroxylation is 1. The second kappa shape index (κ2) is 10.8. The molecule has 7 heteroatoms. The van der Waals surface area contributed by atoms with Gasteiger partial charge in [-0.25, -0.2) is 9.07 Å². The number of hydrogen-bond donors (Lipinski definition) is 1. The molecule has 0 saturated heterocycles. The molecule has 4 rings (SSSR count). The second-order valence-electron chi connectivity index (χ2n) is 10.1. The van der Waals surface area contributed by atoms with Gasteiger partial charge in [-0.15, -0.1) is 0 Å². The Labute approximate surface area is 216 Å². The number of nitrogens with one attached hydrogen (secondary N) is 1. The van der Waals surface area contributed by atoms with Gasteiger partial charge in [0, 0.05) is 18.0 Å². The summed E-state index contributed by atoms with van der Waals surface area (Å²) in [4.78, 5) is 28.0. The summed E-state index contributed by atoms with van der Waals surface area (Å²) in [5.74, 6) is -1.09. The average molecular weight is 499 g/mol. The van der Waals surface area contributed by atoms with Crippen molar-refractivity contribution >= 4 is 17.6 Å². The monoisotopic (exact) mass is 498 g/mol. The molecular weight excluding hydrogens is 467 g/mol. The van der Waals surface area contributed by atoms with Gasteiger partial charge in [0.2, 0.25) is 5.91 Å². The van der Waals surface area contributed by atoms with Crippen molar-refractivity contribution in [2.24, 2.45) is 0 Å². The number of hydrogen-bond acceptors (Lipinski definition) is 3. The van der Waals surface area contributed by atoms with E-state index >= 15 is 0 Å². The van der Waals surface area contributed by atoms with E-state index in [-0.39, 0.29) is 24.1 Å². The van der Waals surface area contributed by atoms with Crippen molar-refractivity contribution in [3.8, 4) is 5.69 Å². The van der Waals surface area contributed by atoms with Crippen molar-refractivity contribution in [3.05, 3.63) is 113 Å². The quantitative estimate of drug-likeness (QED) is 0.345. The molecule has 0 aliphatic carbocycles. The van der Waals surface area contributed by atoms with Crippen molar-refractivity contribution in [2.75, 3.05) is 11.9 Å². The molecule has 0 spiro atoms. The van der Waals surface area contributed by atoms with Crippen molar-refractivity contribution in [3.63, 3.8) is 0 Å². The zero-order chi connectivity index (χ0) is 26.6. The minimum atomic E-state index is -0.627. The lowest BCUT2D eigenvalue weighted by molar-refractivity contribution is -0.117. The van der Waals surface area contributed by atoms with E-state index in [1.54, 1.807) is 10.7 Å². The molecule has 0 radical (unpaired) electrons. The first-order valence-electron chi connectivity index (χ1n) is 12.2. The van der Waals surface area contributed by atoms with Crippen LogP contribution in [0.25, 0.3) is 5.69 Å². The predicted molar refractivity (Wildman–Crippen MR) is 143 cm³/mol. The van der Waals surface area contributed by atoms with Gasteiger partial charge in [0.15, 0.2) is 0 Å². The van der Waals surface area contributed by atoms with Crippen LogP contribution in [0.3, 0.4) is 0 Å². The molecule has 0 unspecified atom stereocenters. The highest BCUT2D eigenvalue weighted by molar-refractivity contribution is 5.99. The van der Waals surface area contributed by atoms with Crippen LogP contribution in [0.15, 0.2) is 84.9 Å². The second-order valence-corrected chi connectivity index (χ2v) is 10.1. The normalized spacial score (nSPS) is 11.3. The van der Waals surface area contributed by atoms with Gasteiger partial charge < -0.3 is 10.2 Å². The number of benzene rings is 3. The molecule has 0 atom stereocenters. The molecule has 0 aliphatic rings. The van der Waals surface area contributed by atoms with Crippen LogP contribution in [-0.2, 0) is 16.8 Å². The Balaban J connectivity index is 1.63. The number of carbonyl (C=O) groups is 2. The smallest absolute Gasteiger partial charge is 0.257 e. The summed E-state index contributed by atoms with van der Waals surface area (Å²) in [5, 5.41) is 7.69. The fourth-order valence-electron chi connectivity index (χ4n) is 3.96. The molecule has 190 valence electrons. The molecule has 1 aromatic heterocycles. The van der Waals surface area contributed by atoms with E-state index in [0.29, 0.717) is 5.82 Å². The molecule has 0 fully saturated rings. The van der Waals surface area contributed by atoms with Crippen molar-refractivity contribution in [2.45, 2.75) is 39.7 Å². The van der Waals surface area contributed by atoms with E-state index < -0.39 is 17.6 Å². The third-order valence-corrected chi connectivity index (χ3v) is 5.93. The molecule has 0 aliphatic heterocycles. The highest BCUT2D eigenvalue weighted by Gasteiger charge is 2.25. The molecule has 37 heavy (non-hydrogen) atoms. The van der Waals surface area contributed by atoms with E-state index in [0.717, 1.165) is 22.5 Å². The van der Waals surface area contributed by atoms with Crippen LogP contribution in [0.5, 0.6) is 0 Å². The first kappa shape index (κ1) is 25.8.